The van der Waals surface area contributed by atoms with E-state index < -0.39 is 21.5 Å². The molecule has 1 fully saturated rings. The number of aliphatic hydroxyl groups excluding tert-OH is 1. The molecule has 1 unspecified atom stereocenters. The van der Waals surface area contributed by atoms with Crippen molar-refractivity contribution in [3.63, 3.8) is 0 Å². The van der Waals surface area contributed by atoms with Crippen LogP contribution in [-0.2, 0) is 14.6 Å². The number of sulfone groups is 1. The molecule has 0 spiro atoms. The van der Waals surface area contributed by atoms with Gasteiger partial charge in [-0.2, -0.15) is 0 Å². The normalized spacial score (nSPS) is 22.9. The molecule has 1 atom stereocenters. The Kier molecular flexibility index (Phi) is 6.69. The van der Waals surface area contributed by atoms with Gasteiger partial charge in [-0.1, -0.05) is 20.8 Å². The monoisotopic (exact) mass is 320 g/mol. The molecule has 5 heteroatoms. The van der Waals surface area contributed by atoms with Gasteiger partial charge in [-0.05, 0) is 50.9 Å². The van der Waals surface area contributed by atoms with Gasteiger partial charge in [0.25, 0.3) is 0 Å². The van der Waals surface area contributed by atoms with Crippen molar-refractivity contribution in [2.24, 2.45) is 5.41 Å². The van der Waals surface area contributed by atoms with Gasteiger partial charge in [0, 0.05) is 12.4 Å². The molecule has 4 nitrogen and oxygen atoms in total. The molecule has 21 heavy (non-hydrogen) atoms. The van der Waals surface area contributed by atoms with Crippen molar-refractivity contribution < 1.29 is 18.3 Å². The van der Waals surface area contributed by atoms with Crippen molar-refractivity contribution >= 4 is 9.84 Å². The van der Waals surface area contributed by atoms with Crippen LogP contribution in [-0.4, -0.2) is 43.3 Å². The van der Waals surface area contributed by atoms with Gasteiger partial charge in [-0.25, -0.2) is 8.42 Å². The van der Waals surface area contributed by atoms with Crippen molar-refractivity contribution in [1.29, 1.82) is 0 Å². The van der Waals surface area contributed by atoms with Crippen LogP contribution in [0, 0.1) is 5.41 Å². The summed E-state index contributed by atoms with van der Waals surface area (Å²) < 4.78 is 29.0. The van der Waals surface area contributed by atoms with Gasteiger partial charge in [0.05, 0.1) is 17.5 Å². The summed E-state index contributed by atoms with van der Waals surface area (Å²) in [5.41, 5.74) is -0.161. The molecule has 1 aliphatic rings. The molecule has 1 saturated carbocycles. The van der Waals surface area contributed by atoms with Crippen LogP contribution in [0.25, 0.3) is 0 Å². The minimum atomic E-state index is -2.95. The van der Waals surface area contributed by atoms with E-state index in [1.54, 1.807) is 6.92 Å². The molecule has 0 amide bonds. The zero-order valence-electron chi connectivity index (χ0n) is 14.0. The van der Waals surface area contributed by atoms with Crippen molar-refractivity contribution in [2.75, 3.05) is 18.1 Å². The van der Waals surface area contributed by atoms with Crippen LogP contribution >= 0.6 is 0 Å². The van der Waals surface area contributed by atoms with E-state index in [2.05, 4.69) is 13.8 Å². The molecule has 1 aliphatic carbocycles. The van der Waals surface area contributed by atoms with Gasteiger partial charge in [-0.3, -0.25) is 0 Å². The lowest BCUT2D eigenvalue weighted by Gasteiger charge is -2.46. The highest BCUT2D eigenvalue weighted by Gasteiger charge is 2.43. The molecule has 0 saturated heterocycles. The van der Waals surface area contributed by atoms with Crippen molar-refractivity contribution in [1.82, 2.24) is 0 Å². The van der Waals surface area contributed by atoms with Gasteiger partial charge in [0.1, 0.15) is 9.84 Å². The number of hydrogen-bond donors (Lipinski definition) is 1. The van der Waals surface area contributed by atoms with E-state index in [9.17, 15) is 13.5 Å². The first-order chi connectivity index (χ1) is 9.66. The zero-order chi connectivity index (χ0) is 16.1. The van der Waals surface area contributed by atoms with Crippen LogP contribution in [0.15, 0.2) is 0 Å². The van der Waals surface area contributed by atoms with E-state index in [1.165, 1.54) is 0 Å². The Labute approximate surface area is 130 Å². The average molecular weight is 320 g/mol. The Morgan fingerprint density at radius 2 is 1.71 bits per heavy atom. The maximum absolute atomic E-state index is 11.5. The molecule has 1 N–H and O–H groups in total. The van der Waals surface area contributed by atoms with E-state index in [1.807, 2.05) is 6.92 Å². The first-order valence-corrected chi connectivity index (χ1v) is 10.0. The summed E-state index contributed by atoms with van der Waals surface area (Å²) in [6.07, 6.45) is 4.23. The van der Waals surface area contributed by atoms with Gasteiger partial charge < -0.3 is 9.84 Å². The largest absolute Gasteiger partial charge is 0.390 e. The second-order valence-corrected chi connectivity index (χ2v) is 9.53. The number of rotatable bonds is 8. The Morgan fingerprint density at radius 1 is 1.14 bits per heavy atom. The lowest BCUT2D eigenvalue weighted by molar-refractivity contribution is -0.153. The second-order valence-electron chi connectivity index (χ2n) is 7.06. The average Bonchev–Trinajstić information content (AvgIpc) is 2.41. The van der Waals surface area contributed by atoms with E-state index in [0.29, 0.717) is 24.9 Å². The van der Waals surface area contributed by atoms with Crippen LogP contribution in [0.1, 0.15) is 66.2 Å². The molecule has 0 bridgehead atoms. The van der Waals surface area contributed by atoms with Crippen LogP contribution in [0.3, 0.4) is 0 Å². The van der Waals surface area contributed by atoms with Crippen molar-refractivity contribution in [2.45, 2.75) is 77.9 Å². The first-order valence-electron chi connectivity index (χ1n) is 8.19. The van der Waals surface area contributed by atoms with E-state index in [4.69, 9.17) is 4.74 Å². The van der Waals surface area contributed by atoms with Gasteiger partial charge in [-0.15, -0.1) is 0 Å². The SMILES string of the molecule is CCOC1(C(O)CCCS(=O)(=O)CC)CCC(C)(C)CC1. The fourth-order valence-electron chi connectivity index (χ4n) is 3.12. The molecule has 126 valence electrons. The fraction of sp³-hybridized carbons (Fsp3) is 1.00. The van der Waals surface area contributed by atoms with Gasteiger partial charge in [0.2, 0.25) is 0 Å². The van der Waals surface area contributed by atoms with Crippen LogP contribution < -0.4 is 0 Å². The Balaban J connectivity index is 2.60. The lowest BCUT2D eigenvalue weighted by atomic mass is 9.68. The highest BCUT2D eigenvalue weighted by atomic mass is 32.2. The lowest BCUT2D eigenvalue weighted by Crippen LogP contribution is -2.49. The Bertz CT molecular complexity index is 404. The summed E-state index contributed by atoms with van der Waals surface area (Å²) in [6, 6.07) is 0. The van der Waals surface area contributed by atoms with Crippen LogP contribution in [0.2, 0.25) is 0 Å². The number of ether oxygens (including phenoxy) is 1. The number of hydrogen-bond acceptors (Lipinski definition) is 4. The summed E-state index contributed by atoms with van der Waals surface area (Å²) in [5, 5.41) is 10.6. The van der Waals surface area contributed by atoms with Crippen molar-refractivity contribution in [3.05, 3.63) is 0 Å². The summed E-state index contributed by atoms with van der Waals surface area (Å²) in [6.45, 7) is 8.71. The zero-order valence-corrected chi connectivity index (χ0v) is 14.8. The molecule has 0 aromatic carbocycles. The summed E-state index contributed by atoms with van der Waals surface area (Å²) in [5.74, 6) is 0.335. The summed E-state index contributed by atoms with van der Waals surface area (Å²) >= 11 is 0. The maximum Gasteiger partial charge on any atom is 0.150 e. The van der Waals surface area contributed by atoms with Crippen molar-refractivity contribution in [3.8, 4) is 0 Å². The molecule has 1 rings (SSSR count). The predicted octanol–water partition coefficient (Wildman–Crippen LogP) is 2.94. The topological polar surface area (TPSA) is 63.6 Å². The van der Waals surface area contributed by atoms with E-state index >= 15 is 0 Å². The molecule has 0 aromatic heterocycles. The standard InChI is InChI=1S/C16H32O4S/c1-5-20-16(11-9-15(3,4)10-12-16)14(17)8-7-13-21(18,19)6-2/h14,17H,5-13H2,1-4H3. The van der Waals surface area contributed by atoms with Gasteiger partial charge >= 0.3 is 0 Å². The fourth-order valence-corrected chi connectivity index (χ4v) is 4.01. The number of aliphatic hydroxyl groups is 1. The van der Waals surface area contributed by atoms with Crippen LogP contribution in [0.4, 0.5) is 0 Å². The summed E-state index contributed by atoms with van der Waals surface area (Å²) in [7, 11) is -2.95. The molecule has 0 radical (unpaired) electrons. The first kappa shape index (κ1) is 18.9. The Hall–Kier alpha value is -0.130. The summed E-state index contributed by atoms with van der Waals surface area (Å²) in [4.78, 5) is 0. The molecule has 0 aromatic rings. The third kappa shape index (κ3) is 5.53. The smallest absolute Gasteiger partial charge is 0.150 e. The second kappa shape index (κ2) is 7.42. The quantitative estimate of drug-likeness (QED) is 0.747. The van der Waals surface area contributed by atoms with E-state index in [0.717, 1.165) is 25.7 Å². The highest BCUT2D eigenvalue weighted by molar-refractivity contribution is 7.91. The third-order valence-electron chi connectivity index (χ3n) is 4.86. The van der Waals surface area contributed by atoms with Gasteiger partial charge in [0.15, 0.2) is 0 Å². The molecule has 0 aliphatic heterocycles. The van der Waals surface area contributed by atoms with Crippen LogP contribution in [0.5, 0.6) is 0 Å². The minimum Gasteiger partial charge on any atom is -0.390 e. The molecule has 0 heterocycles. The predicted molar refractivity (Wildman–Crippen MR) is 86.2 cm³/mol. The molecular weight excluding hydrogens is 288 g/mol. The highest BCUT2D eigenvalue weighted by Crippen LogP contribution is 2.44. The minimum absolute atomic E-state index is 0.161. The molecular formula is C16H32O4S. The maximum atomic E-state index is 11.5. The third-order valence-corrected chi connectivity index (χ3v) is 6.65. The van der Waals surface area contributed by atoms with E-state index in [-0.39, 0.29) is 11.5 Å². The Morgan fingerprint density at radius 3 is 2.19 bits per heavy atom.